The highest BCUT2D eigenvalue weighted by molar-refractivity contribution is 7.03. The van der Waals surface area contributed by atoms with Gasteiger partial charge in [-0.05, 0) is 29.2 Å². The molecule has 0 radical (unpaired) electrons. The summed E-state index contributed by atoms with van der Waals surface area (Å²) in [5.41, 5.74) is 2.27. The second-order valence-corrected chi connectivity index (χ2v) is 4.47. The lowest BCUT2D eigenvalue weighted by Gasteiger charge is -2.18. The summed E-state index contributed by atoms with van der Waals surface area (Å²) < 4.78 is 3.88. The Morgan fingerprint density at radius 3 is 2.59 bits per heavy atom. The molecule has 1 unspecified atom stereocenters. The van der Waals surface area contributed by atoms with Crippen LogP contribution in [0.2, 0.25) is 0 Å². The molecule has 0 N–H and O–H groups in total. The van der Waals surface area contributed by atoms with Crippen LogP contribution < -0.4 is 0 Å². The van der Waals surface area contributed by atoms with Crippen molar-refractivity contribution in [2.75, 3.05) is 0 Å². The summed E-state index contributed by atoms with van der Waals surface area (Å²) in [6.45, 7) is 2.05. The van der Waals surface area contributed by atoms with Crippen molar-refractivity contribution >= 4 is 17.7 Å². The molecule has 17 heavy (non-hydrogen) atoms. The van der Waals surface area contributed by atoms with E-state index < -0.39 is 5.54 Å². The van der Waals surface area contributed by atoms with Crippen molar-refractivity contribution in [2.45, 2.75) is 12.5 Å². The molecule has 3 rings (SSSR count). The van der Waals surface area contributed by atoms with Crippen molar-refractivity contribution in [3.8, 4) is 0 Å². The van der Waals surface area contributed by atoms with Gasteiger partial charge >= 0.3 is 0 Å². The molecule has 6 heteroatoms. The van der Waals surface area contributed by atoms with Gasteiger partial charge in [0.1, 0.15) is 5.69 Å². The summed E-state index contributed by atoms with van der Waals surface area (Å²) in [6.07, 6.45) is 1.70. The summed E-state index contributed by atoms with van der Waals surface area (Å²) in [4.78, 5) is 0. The van der Waals surface area contributed by atoms with Gasteiger partial charge in [0.25, 0.3) is 0 Å². The van der Waals surface area contributed by atoms with Crippen molar-refractivity contribution in [1.82, 2.24) is 9.59 Å². The van der Waals surface area contributed by atoms with Crippen LogP contribution in [-0.4, -0.2) is 15.8 Å². The van der Waals surface area contributed by atoms with Gasteiger partial charge in [0.2, 0.25) is 0 Å². The molecule has 0 saturated carbocycles. The Morgan fingerprint density at radius 1 is 1.18 bits per heavy atom. The van der Waals surface area contributed by atoms with E-state index in [1.54, 1.807) is 6.21 Å². The maximum absolute atomic E-state index is 4.22. The number of hydrogen-bond acceptors (Lipinski definition) is 6. The van der Waals surface area contributed by atoms with Crippen LogP contribution >= 0.6 is 11.5 Å². The first-order chi connectivity index (χ1) is 8.31. The van der Waals surface area contributed by atoms with E-state index in [4.69, 9.17) is 0 Å². The van der Waals surface area contributed by atoms with Gasteiger partial charge in [-0.3, -0.25) is 0 Å². The van der Waals surface area contributed by atoms with Crippen molar-refractivity contribution in [3.05, 3.63) is 46.5 Å². The van der Waals surface area contributed by atoms with Crippen molar-refractivity contribution < 1.29 is 0 Å². The topological polar surface area (TPSA) is 62.9 Å². The van der Waals surface area contributed by atoms with E-state index in [9.17, 15) is 0 Å². The average molecular weight is 243 g/mol. The van der Waals surface area contributed by atoms with Crippen LogP contribution in [0.3, 0.4) is 0 Å². The Balaban J connectivity index is 2.16. The van der Waals surface area contributed by atoms with Crippen LogP contribution in [0.5, 0.6) is 0 Å². The number of benzene rings is 1. The minimum atomic E-state index is -0.694. The van der Waals surface area contributed by atoms with Crippen LogP contribution in [0.15, 0.2) is 45.1 Å². The molecule has 0 amide bonds. The Hall–Kier alpha value is -1.95. The fraction of sp³-hybridized carbons (Fsp3) is 0.182. The lowest BCUT2D eigenvalue weighted by molar-refractivity contribution is 0.688. The molecule has 0 aliphatic carbocycles. The van der Waals surface area contributed by atoms with E-state index in [0.29, 0.717) is 0 Å². The first-order valence-corrected chi connectivity index (χ1v) is 5.96. The second-order valence-electron chi connectivity index (χ2n) is 3.86. The van der Waals surface area contributed by atoms with Gasteiger partial charge in [0.05, 0.1) is 6.21 Å². The van der Waals surface area contributed by atoms with Crippen LogP contribution in [0.1, 0.15) is 16.8 Å². The smallest absolute Gasteiger partial charge is 0.145 e. The monoisotopic (exact) mass is 243 g/mol. The quantitative estimate of drug-likeness (QED) is 0.813. The second kappa shape index (κ2) is 3.81. The van der Waals surface area contributed by atoms with Gasteiger partial charge in [-0.15, -0.1) is 15.3 Å². The Bertz CT molecular complexity index is 558. The summed E-state index contributed by atoms with van der Waals surface area (Å²) in [5.74, 6) is 0. The molecule has 5 nitrogen and oxygen atoms in total. The average Bonchev–Trinajstić information content (AvgIpc) is 3.01. The lowest BCUT2D eigenvalue weighted by Crippen LogP contribution is -2.25. The molecule has 84 valence electrons. The van der Waals surface area contributed by atoms with Crippen molar-refractivity contribution in [2.24, 2.45) is 15.4 Å². The zero-order valence-corrected chi connectivity index (χ0v) is 9.92. The molecule has 1 aromatic heterocycles. The minimum absolute atomic E-state index is 0.694. The predicted octanol–water partition coefficient (Wildman–Crippen LogP) is 2.54. The molecule has 0 spiro atoms. The maximum atomic E-state index is 4.22. The highest BCUT2D eigenvalue weighted by Gasteiger charge is 2.38. The third kappa shape index (κ3) is 1.57. The van der Waals surface area contributed by atoms with E-state index in [2.05, 4.69) is 25.0 Å². The maximum Gasteiger partial charge on any atom is 0.190 e. The van der Waals surface area contributed by atoms with E-state index in [1.165, 1.54) is 17.1 Å². The standard InChI is InChI=1S/C11H9N5S/c1-8-2-4-9(5-3-8)11(7-12-15-14-11)10-6-17-16-13-10/h2-7H,1H3. The molecule has 0 saturated heterocycles. The lowest BCUT2D eigenvalue weighted by atomic mass is 9.89. The Labute approximate surface area is 102 Å². The van der Waals surface area contributed by atoms with E-state index in [1.807, 2.05) is 36.6 Å². The molecule has 1 atom stereocenters. The number of nitrogens with zero attached hydrogens (tertiary/aromatic N) is 5. The normalized spacial score (nSPS) is 22.2. The molecule has 1 aromatic carbocycles. The van der Waals surface area contributed by atoms with Crippen molar-refractivity contribution in [1.29, 1.82) is 0 Å². The van der Waals surface area contributed by atoms with Gasteiger partial charge in [-0.2, -0.15) is 0 Å². The summed E-state index contributed by atoms with van der Waals surface area (Å²) in [5, 5.41) is 17.8. The Kier molecular flexibility index (Phi) is 2.29. The summed E-state index contributed by atoms with van der Waals surface area (Å²) in [6, 6.07) is 8.12. The fourth-order valence-corrected chi connectivity index (χ4v) is 2.28. The highest BCUT2D eigenvalue weighted by atomic mass is 32.1. The molecule has 1 aliphatic heterocycles. The first kappa shape index (κ1) is 10.2. The number of rotatable bonds is 2. The number of hydrogen-bond donors (Lipinski definition) is 0. The zero-order valence-electron chi connectivity index (χ0n) is 9.11. The van der Waals surface area contributed by atoms with Gasteiger partial charge in [0, 0.05) is 5.38 Å². The molecular weight excluding hydrogens is 234 g/mol. The van der Waals surface area contributed by atoms with E-state index >= 15 is 0 Å². The highest BCUT2D eigenvalue weighted by Crippen LogP contribution is 2.34. The first-order valence-electron chi connectivity index (χ1n) is 5.12. The van der Waals surface area contributed by atoms with Gasteiger partial charge in [-0.25, -0.2) is 0 Å². The van der Waals surface area contributed by atoms with Crippen LogP contribution in [0.4, 0.5) is 0 Å². The van der Waals surface area contributed by atoms with Gasteiger partial charge in [0.15, 0.2) is 5.54 Å². The summed E-state index contributed by atoms with van der Waals surface area (Å²) in [7, 11) is 0. The molecular formula is C11H9N5S. The number of aryl methyl sites for hydroxylation is 1. The van der Waals surface area contributed by atoms with Gasteiger partial charge < -0.3 is 0 Å². The molecule has 2 heterocycles. The van der Waals surface area contributed by atoms with E-state index in [0.717, 1.165) is 11.3 Å². The summed E-state index contributed by atoms with van der Waals surface area (Å²) >= 11 is 1.30. The zero-order chi connectivity index (χ0) is 11.7. The third-order valence-corrected chi connectivity index (χ3v) is 3.25. The van der Waals surface area contributed by atoms with Crippen LogP contribution in [0, 0.1) is 6.92 Å². The molecule has 0 bridgehead atoms. The van der Waals surface area contributed by atoms with E-state index in [-0.39, 0.29) is 0 Å². The molecule has 1 aliphatic rings. The SMILES string of the molecule is Cc1ccc(C2(c3csnn3)C=NN=N2)cc1. The van der Waals surface area contributed by atoms with Gasteiger partial charge in [-0.1, -0.05) is 34.3 Å². The number of aromatic nitrogens is 2. The third-order valence-electron chi connectivity index (χ3n) is 2.74. The van der Waals surface area contributed by atoms with Crippen LogP contribution in [0.25, 0.3) is 0 Å². The van der Waals surface area contributed by atoms with Crippen LogP contribution in [-0.2, 0) is 5.54 Å². The molecule has 0 fully saturated rings. The largest absolute Gasteiger partial charge is 0.190 e. The predicted molar refractivity (Wildman–Crippen MR) is 65.2 cm³/mol. The minimum Gasteiger partial charge on any atom is -0.145 e. The fourth-order valence-electron chi connectivity index (χ4n) is 1.77. The van der Waals surface area contributed by atoms with Crippen molar-refractivity contribution in [3.63, 3.8) is 0 Å². The Morgan fingerprint density at radius 2 is 2.00 bits per heavy atom. The molecule has 2 aromatic rings.